The van der Waals surface area contributed by atoms with Crippen LogP contribution in [0.5, 0.6) is 0 Å². The van der Waals surface area contributed by atoms with Crippen LogP contribution in [0.4, 0.5) is 0 Å². The van der Waals surface area contributed by atoms with Gasteiger partial charge in [-0.25, -0.2) is 13.1 Å². The Morgan fingerprint density at radius 3 is 2.25 bits per heavy atom. The third-order valence-corrected chi connectivity index (χ3v) is 7.20. The van der Waals surface area contributed by atoms with Crippen molar-refractivity contribution in [3.8, 4) is 11.3 Å². The molecular formula is C25H34N4O2S. The van der Waals surface area contributed by atoms with Crippen LogP contribution in [0.2, 0.25) is 0 Å². The van der Waals surface area contributed by atoms with Crippen LogP contribution in [-0.4, -0.2) is 48.8 Å². The topological polar surface area (TPSA) is 67.2 Å². The minimum atomic E-state index is -3.72. The van der Waals surface area contributed by atoms with Gasteiger partial charge in [-0.1, -0.05) is 74.5 Å². The molecule has 1 atom stereocenters. The van der Waals surface area contributed by atoms with E-state index in [2.05, 4.69) is 28.6 Å². The molecule has 0 spiro atoms. The van der Waals surface area contributed by atoms with E-state index in [9.17, 15) is 8.42 Å². The fourth-order valence-electron chi connectivity index (χ4n) is 3.80. The van der Waals surface area contributed by atoms with E-state index in [1.807, 2.05) is 67.6 Å². The van der Waals surface area contributed by atoms with Crippen LogP contribution in [0.25, 0.3) is 11.3 Å². The van der Waals surface area contributed by atoms with E-state index < -0.39 is 10.0 Å². The van der Waals surface area contributed by atoms with Gasteiger partial charge in [-0.05, 0) is 45.0 Å². The Kier molecular flexibility index (Phi) is 8.61. The number of sulfonamides is 1. The molecule has 172 valence electrons. The maximum Gasteiger partial charge on any atom is 0.244 e. The summed E-state index contributed by atoms with van der Waals surface area (Å²) in [7, 11) is -3.72. The van der Waals surface area contributed by atoms with Crippen molar-refractivity contribution in [3.63, 3.8) is 0 Å². The maximum atomic E-state index is 13.3. The standard InChI is InChI=1S/C25H34N4O2S/c1-4-28(5-2)18-12-13-21(3)27-32(30,31)24-20-29(19-22-14-8-6-9-15-22)26-25(24)23-16-10-7-11-17-23/h6-11,14-17,20-21,27H,4-5,12-13,18-19H2,1-3H3. The highest BCUT2D eigenvalue weighted by Gasteiger charge is 2.25. The van der Waals surface area contributed by atoms with Crippen molar-refractivity contribution in [3.05, 3.63) is 72.4 Å². The van der Waals surface area contributed by atoms with Crippen LogP contribution < -0.4 is 4.72 Å². The Labute approximate surface area is 192 Å². The summed E-state index contributed by atoms with van der Waals surface area (Å²) in [5, 5.41) is 4.65. The molecule has 0 saturated heterocycles. The van der Waals surface area contributed by atoms with Gasteiger partial charge in [0.15, 0.2) is 0 Å². The van der Waals surface area contributed by atoms with Crippen molar-refractivity contribution in [1.82, 2.24) is 19.4 Å². The first kappa shape index (κ1) is 24.2. The molecule has 2 aromatic carbocycles. The highest BCUT2D eigenvalue weighted by Crippen LogP contribution is 2.26. The van der Waals surface area contributed by atoms with Crippen LogP contribution in [0.1, 0.15) is 39.2 Å². The third kappa shape index (κ3) is 6.51. The summed E-state index contributed by atoms with van der Waals surface area (Å²) in [6.45, 7) is 9.73. The van der Waals surface area contributed by atoms with Gasteiger partial charge in [0, 0.05) is 17.8 Å². The molecule has 1 heterocycles. The molecule has 0 aliphatic heterocycles. The molecule has 0 radical (unpaired) electrons. The van der Waals surface area contributed by atoms with E-state index in [0.29, 0.717) is 12.2 Å². The predicted molar refractivity (Wildman–Crippen MR) is 130 cm³/mol. The van der Waals surface area contributed by atoms with Gasteiger partial charge in [-0.15, -0.1) is 0 Å². The number of benzene rings is 2. The Balaban J connectivity index is 1.80. The molecular weight excluding hydrogens is 420 g/mol. The van der Waals surface area contributed by atoms with Gasteiger partial charge >= 0.3 is 0 Å². The van der Waals surface area contributed by atoms with Gasteiger partial charge in [-0.2, -0.15) is 5.10 Å². The summed E-state index contributed by atoms with van der Waals surface area (Å²) >= 11 is 0. The SMILES string of the molecule is CCN(CC)CCCC(C)NS(=O)(=O)c1cn(Cc2ccccc2)nc1-c1ccccc1. The van der Waals surface area contributed by atoms with Crippen molar-refractivity contribution in [2.75, 3.05) is 19.6 Å². The highest BCUT2D eigenvalue weighted by atomic mass is 32.2. The predicted octanol–water partition coefficient (Wildman–Crippen LogP) is 4.39. The van der Waals surface area contributed by atoms with E-state index >= 15 is 0 Å². The number of aromatic nitrogens is 2. The van der Waals surface area contributed by atoms with Gasteiger partial charge in [0.25, 0.3) is 0 Å². The van der Waals surface area contributed by atoms with Gasteiger partial charge in [0.1, 0.15) is 10.6 Å². The van der Waals surface area contributed by atoms with Crippen molar-refractivity contribution in [1.29, 1.82) is 0 Å². The minimum Gasteiger partial charge on any atom is -0.304 e. The molecule has 6 nitrogen and oxygen atoms in total. The first-order valence-electron chi connectivity index (χ1n) is 11.3. The van der Waals surface area contributed by atoms with Crippen LogP contribution in [0.3, 0.4) is 0 Å². The van der Waals surface area contributed by atoms with Crippen LogP contribution >= 0.6 is 0 Å². The van der Waals surface area contributed by atoms with Gasteiger partial charge in [0.2, 0.25) is 10.0 Å². The summed E-state index contributed by atoms with van der Waals surface area (Å²) in [4.78, 5) is 2.57. The first-order valence-corrected chi connectivity index (χ1v) is 12.8. The fourth-order valence-corrected chi connectivity index (χ4v) is 5.24. The summed E-state index contributed by atoms with van der Waals surface area (Å²) in [5.74, 6) is 0. The lowest BCUT2D eigenvalue weighted by Gasteiger charge is -2.19. The average molecular weight is 455 g/mol. The number of hydrogen-bond acceptors (Lipinski definition) is 4. The van der Waals surface area contributed by atoms with Crippen molar-refractivity contribution in [2.45, 2.75) is 51.1 Å². The molecule has 1 N–H and O–H groups in total. The molecule has 3 rings (SSSR count). The van der Waals surface area contributed by atoms with Crippen molar-refractivity contribution in [2.24, 2.45) is 0 Å². The number of rotatable bonds is 12. The molecule has 0 saturated carbocycles. The van der Waals surface area contributed by atoms with Crippen LogP contribution in [0.15, 0.2) is 71.8 Å². The van der Waals surface area contributed by atoms with E-state index in [1.165, 1.54) is 0 Å². The molecule has 0 fully saturated rings. The molecule has 0 aliphatic carbocycles. The second-order valence-corrected chi connectivity index (χ2v) is 9.77. The van der Waals surface area contributed by atoms with E-state index in [-0.39, 0.29) is 10.9 Å². The largest absolute Gasteiger partial charge is 0.304 e. The zero-order chi connectivity index (χ0) is 23.0. The number of hydrogen-bond donors (Lipinski definition) is 1. The second-order valence-electron chi connectivity index (χ2n) is 8.08. The molecule has 0 amide bonds. The second kappa shape index (κ2) is 11.4. The van der Waals surface area contributed by atoms with Crippen LogP contribution in [0, 0.1) is 0 Å². The lowest BCUT2D eigenvalue weighted by atomic mass is 10.2. The lowest BCUT2D eigenvalue weighted by Crippen LogP contribution is -2.33. The molecule has 7 heteroatoms. The quantitative estimate of drug-likeness (QED) is 0.441. The van der Waals surface area contributed by atoms with E-state index in [0.717, 1.165) is 43.6 Å². The summed E-state index contributed by atoms with van der Waals surface area (Å²) < 4.78 is 31.2. The Hall–Kier alpha value is -2.48. The van der Waals surface area contributed by atoms with E-state index in [4.69, 9.17) is 0 Å². The average Bonchev–Trinajstić information content (AvgIpc) is 3.22. The Morgan fingerprint density at radius 1 is 1.00 bits per heavy atom. The number of nitrogens with zero attached hydrogens (tertiary/aromatic N) is 3. The van der Waals surface area contributed by atoms with Gasteiger partial charge in [0.05, 0.1) is 6.54 Å². The Morgan fingerprint density at radius 2 is 1.62 bits per heavy atom. The van der Waals surface area contributed by atoms with Crippen LogP contribution in [-0.2, 0) is 16.6 Å². The van der Waals surface area contributed by atoms with Gasteiger partial charge in [-0.3, -0.25) is 4.68 Å². The smallest absolute Gasteiger partial charge is 0.244 e. The summed E-state index contributed by atoms with van der Waals surface area (Å²) in [6.07, 6.45) is 3.37. The summed E-state index contributed by atoms with van der Waals surface area (Å²) in [6, 6.07) is 19.2. The number of nitrogens with one attached hydrogen (secondary N) is 1. The first-order chi connectivity index (χ1) is 15.4. The van der Waals surface area contributed by atoms with Gasteiger partial charge < -0.3 is 4.90 Å². The molecule has 3 aromatic rings. The molecule has 32 heavy (non-hydrogen) atoms. The normalized spacial score (nSPS) is 12.9. The van der Waals surface area contributed by atoms with Crippen molar-refractivity contribution >= 4 is 10.0 Å². The lowest BCUT2D eigenvalue weighted by molar-refractivity contribution is 0.293. The molecule has 1 aromatic heterocycles. The fraction of sp³-hybridized carbons (Fsp3) is 0.400. The van der Waals surface area contributed by atoms with Crippen molar-refractivity contribution < 1.29 is 8.42 Å². The maximum absolute atomic E-state index is 13.3. The zero-order valence-electron chi connectivity index (χ0n) is 19.2. The molecule has 0 bridgehead atoms. The molecule has 0 aliphatic rings. The minimum absolute atomic E-state index is 0.156. The van der Waals surface area contributed by atoms with E-state index in [1.54, 1.807) is 10.9 Å². The highest BCUT2D eigenvalue weighted by molar-refractivity contribution is 7.89. The summed E-state index contributed by atoms with van der Waals surface area (Å²) in [5.41, 5.74) is 2.33. The monoisotopic (exact) mass is 454 g/mol. The third-order valence-electron chi connectivity index (χ3n) is 5.61. The Bertz CT molecular complexity index is 1060. The zero-order valence-corrected chi connectivity index (χ0v) is 20.1. The molecule has 1 unspecified atom stereocenters.